The van der Waals surface area contributed by atoms with Crippen LogP contribution in [-0.4, -0.2) is 17.6 Å². The summed E-state index contributed by atoms with van der Waals surface area (Å²) in [6.45, 7) is 0.582. The Balaban J connectivity index is 1.49. The molecule has 0 aliphatic carbocycles. The maximum absolute atomic E-state index is 5.42. The third kappa shape index (κ3) is 3.28. The number of hydroxylamine groups is 1. The molecule has 0 unspecified atom stereocenters. The second-order valence-corrected chi connectivity index (χ2v) is 5.04. The van der Waals surface area contributed by atoms with Crippen molar-refractivity contribution in [3.05, 3.63) is 54.4 Å². The molecule has 6 heteroatoms. The predicted molar refractivity (Wildman–Crippen MR) is 79.6 cm³/mol. The highest BCUT2D eigenvalue weighted by Crippen LogP contribution is 2.29. The molecule has 0 bridgehead atoms. The molecular weight excluding hydrogens is 272 g/mol. The quantitative estimate of drug-likeness (QED) is 0.513. The van der Waals surface area contributed by atoms with E-state index in [1.54, 1.807) is 12.4 Å². The van der Waals surface area contributed by atoms with Crippen LogP contribution in [0.4, 0.5) is 5.69 Å². The number of hydrogen-bond acceptors (Lipinski definition) is 6. The summed E-state index contributed by atoms with van der Waals surface area (Å²) in [5.41, 5.74) is 4.97. The smallest absolute Gasteiger partial charge is 0.231 e. The first-order valence-corrected chi connectivity index (χ1v) is 7.11. The minimum Gasteiger partial charge on any atom is -0.294 e. The Morgan fingerprint density at radius 3 is 3.00 bits per heavy atom. The molecular formula is C14H14N4OS. The molecule has 0 saturated carbocycles. The number of guanidine groups is 1. The van der Waals surface area contributed by atoms with Crippen molar-refractivity contribution in [2.45, 2.75) is 11.3 Å². The van der Waals surface area contributed by atoms with Crippen molar-refractivity contribution in [3.63, 3.8) is 0 Å². The van der Waals surface area contributed by atoms with E-state index >= 15 is 0 Å². The first-order chi connectivity index (χ1) is 9.92. The van der Waals surface area contributed by atoms with Crippen molar-refractivity contribution in [2.24, 2.45) is 4.99 Å². The fraction of sp³-hybridized carbons (Fsp3) is 0.143. The molecule has 2 heterocycles. The highest BCUT2D eigenvalue weighted by atomic mass is 32.2. The number of nitrogens with one attached hydrogen (secondary N) is 2. The van der Waals surface area contributed by atoms with Crippen LogP contribution in [-0.2, 0) is 11.3 Å². The summed E-state index contributed by atoms with van der Waals surface area (Å²) in [7, 11) is 0. The molecule has 0 amide bonds. The van der Waals surface area contributed by atoms with Crippen LogP contribution < -0.4 is 10.2 Å². The molecule has 0 atom stereocenters. The molecule has 102 valence electrons. The Labute approximate surface area is 121 Å². The molecule has 0 saturated heterocycles. The number of benzene rings is 1. The maximum atomic E-state index is 5.42. The zero-order valence-electron chi connectivity index (χ0n) is 10.7. The third-order valence-corrected chi connectivity index (χ3v) is 3.59. The SMILES string of the molecule is c1ccc(CCONC2=Nc3ccncc3SN2)cc1. The molecule has 2 N–H and O–H groups in total. The van der Waals surface area contributed by atoms with Crippen molar-refractivity contribution in [1.82, 2.24) is 15.2 Å². The summed E-state index contributed by atoms with van der Waals surface area (Å²) >= 11 is 1.47. The molecule has 3 rings (SSSR count). The van der Waals surface area contributed by atoms with Crippen LogP contribution in [0.25, 0.3) is 0 Å². The van der Waals surface area contributed by atoms with Crippen molar-refractivity contribution < 1.29 is 4.84 Å². The van der Waals surface area contributed by atoms with E-state index in [4.69, 9.17) is 4.84 Å². The van der Waals surface area contributed by atoms with Crippen LogP contribution in [0.5, 0.6) is 0 Å². The lowest BCUT2D eigenvalue weighted by Crippen LogP contribution is -2.34. The zero-order valence-corrected chi connectivity index (χ0v) is 11.6. The lowest BCUT2D eigenvalue weighted by atomic mass is 10.2. The molecule has 1 aliphatic heterocycles. The van der Waals surface area contributed by atoms with Gasteiger partial charge in [0, 0.05) is 12.4 Å². The fourth-order valence-corrected chi connectivity index (χ4v) is 2.39. The Morgan fingerprint density at radius 2 is 2.10 bits per heavy atom. The second-order valence-electron chi connectivity index (χ2n) is 4.19. The van der Waals surface area contributed by atoms with Crippen molar-refractivity contribution in [2.75, 3.05) is 6.61 Å². The zero-order chi connectivity index (χ0) is 13.6. The van der Waals surface area contributed by atoms with Gasteiger partial charge in [0.15, 0.2) is 0 Å². The normalized spacial score (nSPS) is 13.1. The van der Waals surface area contributed by atoms with E-state index in [9.17, 15) is 0 Å². The van der Waals surface area contributed by atoms with E-state index in [1.807, 2.05) is 24.3 Å². The average Bonchev–Trinajstić information content (AvgIpc) is 2.52. The topological polar surface area (TPSA) is 58.5 Å². The summed E-state index contributed by atoms with van der Waals surface area (Å²) in [6, 6.07) is 12.1. The van der Waals surface area contributed by atoms with Gasteiger partial charge < -0.3 is 0 Å². The van der Waals surface area contributed by atoms with Gasteiger partial charge in [-0.1, -0.05) is 30.3 Å². The van der Waals surface area contributed by atoms with Gasteiger partial charge in [0.25, 0.3) is 0 Å². The monoisotopic (exact) mass is 286 g/mol. The maximum Gasteiger partial charge on any atom is 0.231 e. The molecule has 20 heavy (non-hydrogen) atoms. The Hall–Kier alpha value is -2.05. The van der Waals surface area contributed by atoms with Crippen LogP contribution in [0.1, 0.15) is 5.56 Å². The Bertz CT molecular complexity index is 603. The largest absolute Gasteiger partial charge is 0.294 e. The van der Waals surface area contributed by atoms with Crippen molar-refractivity contribution in [1.29, 1.82) is 0 Å². The first-order valence-electron chi connectivity index (χ1n) is 6.29. The molecule has 0 radical (unpaired) electrons. The van der Waals surface area contributed by atoms with Gasteiger partial charge in [-0.15, -0.1) is 0 Å². The number of nitrogens with zero attached hydrogens (tertiary/aromatic N) is 2. The third-order valence-electron chi connectivity index (χ3n) is 2.76. The predicted octanol–water partition coefficient (Wildman–Crippen LogP) is 2.44. The van der Waals surface area contributed by atoms with Gasteiger partial charge in [0.1, 0.15) is 0 Å². The summed E-state index contributed by atoms with van der Waals surface area (Å²) < 4.78 is 3.06. The van der Waals surface area contributed by atoms with Gasteiger partial charge in [0.05, 0.1) is 17.2 Å². The summed E-state index contributed by atoms with van der Waals surface area (Å²) in [4.78, 5) is 14.9. The van der Waals surface area contributed by atoms with E-state index in [0.717, 1.165) is 17.0 Å². The molecule has 2 aromatic rings. The van der Waals surface area contributed by atoms with Crippen LogP contribution in [0.3, 0.4) is 0 Å². The van der Waals surface area contributed by atoms with E-state index < -0.39 is 0 Å². The molecule has 1 aromatic carbocycles. The average molecular weight is 286 g/mol. The van der Waals surface area contributed by atoms with Crippen LogP contribution in [0.15, 0.2) is 58.7 Å². The van der Waals surface area contributed by atoms with E-state index in [2.05, 4.69) is 32.3 Å². The highest BCUT2D eigenvalue weighted by Gasteiger charge is 2.11. The van der Waals surface area contributed by atoms with Crippen molar-refractivity contribution in [3.8, 4) is 0 Å². The van der Waals surface area contributed by atoms with E-state index in [1.165, 1.54) is 17.5 Å². The molecule has 0 spiro atoms. The molecule has 1 aliphatic rings. The number of rotatable bonds is 4. The Morgan fingerprint density at radius 1 is 1.20 bits per heavy atom. The summed E-state index contributed by atoms with van der Waals surface area (Å²) in [5.74, 6) is 0.599. The van der Waals surface area contributed by atoms with Gasteiger partial charge in [-0.2, -0.15) is 0 Å². The first kappa shape index (κ1) is 13.0. The Kier molecular flexibility index (Phi) is 4.15. The molecule has 5 nitrogen and oxygen atoms in total. The minimum absolute atomic E-state index is 0.582. The van der Waals surface area contributed by atoms with Gasteiger partial charge in [-0.05, 0) is 30.0 Å². The summed E-state index contributed by atoms with van der Waals surface area (Å²) in [5, 5.41) is 0. The number of pyridine rings is 1. The molecule has 0 fully saturated rings. The highest BCUT2D eigenvalue weighted by molar-refractivity contribution is 7.98. The standard InChI is InChI=1S/C14H14N4OS/c1-2-4-11(5-3-1)7-9-19-17-14-16-12-6-8-15-10-13(12)20-18-14/h1-6,8,10H,7,9H2,(H2,16,17,18). The van der Waals surface area contributed by atoms with E-state index in [0.29, 0.717) is 12.6 Å². The molecule has 1 aromatic heterocycles. The lowest BCUT2D eigenvalue weighted by Gasteiger charge is -2.16. The summed E-state index contributed by atoms with van der Waals surface area (Å²) in [6.07, 6.45) is 4.36. The van der Waals surface area contributed by atoms with E-state index in [-0.39, 0.29) is 0 Å². The number of hydrogen-bond donors (Lipinski definition) is 2. The number of aliphatic imine (C=N–C) groups is 1. The number of fused-ring (bicyclic) bond motifs is 1. The number of aromatic nitrogens is 1. The van der Waals surface area contributed by atoms with Crippen LogP contribution >= 0.6 is 11.9 Å². The van der Waals surface area contributed by atoms with Crippen LogP contribution in [0.2, 0.25) is 0 Å². The van der Waals surface area contributed by atoms with Crippen molar-refractivity contribution >= 4 is 23.6 Å². The van der Waals surface area contributed by atoms with Gasteiger partial charge in [-0.25, -0.2) is 10.5 Å². The van der Waals surface area contributed by atoms with Gasteiger partial charge >= 0.3 is 0 Å². The van der Waals surface area contributed by atoms with Gasteiger partial charge in [-0.3, -0.25) is 14.5 Å². The minimum atomic E-state index is 0.582. The van der Waals surface area contributed by atoms with Crippen LogP contribution in [0, 0.1) is 0 Å². The fourth-order valence-electron chi connectivity index (χ4n) is 1.77. The van der Waals surface area contributed by atoms with Gasteiger partial charge in [0.2, 0.25) is 5.96 Å². The lowest BCUT2D eigenvalue weighted by molar-refractivity contribution is 0.0862. The second kappa shape index (κ2) is 6.40.